The van der Waals surface area contributed by atoms with E-state index in [2.05, 4.69) is 83.7 Å². The SMILES string of the molecule is CC(=O)[C@H]1CCN(C(=O)OC(C)(C)C)C1.CC(C)(C)OC(=O)N1CC[C@H](C(=O)O)C1.CC(O)[C@H]1CCN(C(=O)OC(C)(C)C)C1.CC(O)[C@H]1CCN(c2nc(-c3ccc(N4CCOCC4)cc3)cc3nccnc23)C1.CC(O)[C@H]1CCN(c2nc(Cl)cc3nccnc23)C1.CON(C)C(=O)[C@H]1CCN(C(=O)OC(C)(C)C)C1.Clc1cc2nccnc2c(Cl)n1.O.O[B]c1ccc(N2CCOCC2)cc1. The summed E-state index contributed by atoms with van der Waals surface area (Å²) in [5.74, 6) is 0.887. The molecule has 38 nitrogen and oxygen atoms in total. The zero-order valence-corrected chi connectivity index (χ0v) is 85.4. The maximum atomic E-state index is 11.9. The third kappa shape index (κ3) is 35.9. The molecule has 6 aromatic heterocycles. The van der Waals surface area contributed by atoms with Gasteiger partial charge in [0, 0.05) is 202 Å². The summed E-state index contributed by atoms with van der Waals surface area (Å²) in [6, 6.07) is 21.8. The van der Waals surface area contributed by atoms with Crippen molar-refractivity contribution in [2.24, 2.45) is 35.5 Å². The minimum Gasteiger partial charge on any atom is -0.481 e. The zero-order valence-electron chi connectivity index (χ0n) is 83.1. The molecule has 8 aromatic rings. The molecule has 761 valence electrons. The summed E-state index contributed by atoms with van der Waals surface area (Å²) in [5.41, 5.74) is 7.64. The van der Waals surface area contributed by atoms with Crippen molar-refractivity contribution >= 4 is 146 Å². The van der Waals surface area contributed by atoms with Crippen LogP contribution in [-0.2, 0) is 47.6 Å². The Morgan fingerprint density at radius 3 is 1.17 bits per heavy atom. The lowest BCUT2D eigenvalue weighted by Crippen LogP contribution is -2.37. The molecule has 9 atom stereocenters. The van der Waals surface area contributed by atoms with Gasteiger partial charge in [0.2, 0.25) is 0 Å². The second-order valence-electron chi connectivity index (χ2n) is 39.0. The molecule has 8 fully saturated rings. The van der Waals surface area contributed by atoms with Crippen molar-refractivity contribution in [3.63, 3.8) is 0 Å². The normalized spacial score (nSPS) is 19.7. The van der Waals surface area contributed by atoms with Crippen LogP contribution in [0.3, 0.4) is 0 Å². The summed E-state index contributed by atoms with van der Waals surface area (Å²) in [4.78, 5) is 139. The summed E-state index contributed by atoms with van der Waals surface area (Å²) in [6.07, 6.45) is 12.2. The summed E-state index contributed by atoms with van der Waals surface area (Å²) >= 11 is 17.5. The molecule has 3 unspecified atom stereocenters. The van der Waals surface area contributed by atoms with Gasteiger partial charge in [-0.15, -0.1) is 0 Å². The molecule has 1 radical (unpaired) electrons. The number of amides is 5. The number of fused-ring (bicyclic) bond motifs is 3. The number of hydrogen-bond donors (Lipinski definition) is 5. The molecule has 0 spiro atoms. The van der Waals surface area contributed by atoms with E-state index in [1.54, 1.807) is 106 Å². The van der Waals surface area contributed by atoms with E-state index in [1.807, 2.05) is 106 Å². The van der Waals surface area contributed by atoms with Crippen LogP contribution in [0.5, 0.6) is 0 Å². The van der Waals surface area contributed by atoms with Crippen molar-refractivity contribution in [2.75, 3.05) is 165 Å². The number of pyridine rings is 3. The Bertz CT molecular complexity index is 5250. The van der Waals surface area contributed by atoms with Crippen LogP contribution >= 0.6 is 34.8 Å². The Hall–Kier alpha value is -10.6. The fourth-order valence-corrected chi connectivity index (χ4v) is 16.5. The van der Waals surface area contributed by atoms with E-state index in [-0.39, 0.29) is 95.0 Å². The van der Waals surface area contributed by atoms with Crippen LogP contribution in [-0.4, -0.2) is 336 Å². The number of benzene rings is 2. The fraction of sp³-hybridized carbons (Fsp3) is 0.588. The van der Waals surface area contributed by atoms with E-state index in [0.717, 1.165) is 162 Å². The molecule has 7 N–H and O–H groups in total. The number of halogens is 3. The highest BCUT2D eigenvalue weighted by Crippen LogP contribution is 2.36. The van der Waals surface area contributed by atoms with Crippen molar-refractivity contribution in [1.29, 1.82) is 0 Å². The molecule has 0 aliphatic carbocycles. The third-order valence-corrected chi connectivity index (χ3v) is 24.2. The van der Waals surface area contributed by atoms with Gasteiger partial charge in [0.1, 0.15) is 55.0 Å². The van der Waals surface area contributed by atoms with Gasteiger partial charge in [-0.25, -0.2) is 54.1 Å². The molecule has 5 amide bonds. The van der Waals surface area contributed by atoms with Gasteiger partial charge in [-0.05, 0) is 180 Å². The molecule has 8 saturated heterocycles. The van der Waals surface area contributed by atoms with Crippen LogP contribution in [0.25, 0.3) is 44.4 Å². The summed E-state index contributed by atoms with van der Waals surface area (Å²) in [6.45, 7) is 43.2. The Labute approximate surface area is 829 Å². The van der Waals surface area contributed by atoms with Crippen LogP contribution in [0.1, 0.15) is 149 Å². The monoisotopic (exact) mass is 1990 g/mol. The van der Waals surface area contributed by atoms with Gasteiger partial charge in [-0.2, -0.15) is 0 Å². The van der Waals surface area contributed by atoms with E-state index in [9.17, 15) is 48.9 Å². The topological polar surface area (TPSA) is 462 Å². The number of carbonyl (C=O) groups excluding carboxylic acids is 6. The first kappa shape index (κ1) is 114. The van der Waals surface area contributed by atoms with Crippen molar-refractivity contribution in [3.05, 3.63) is 119 Å². The number of carboxylic acid groups (broad SMARTS) is 1. The number of anilines is 4. The molecule has 8 aliphatic heterocycles. The summed E-state index contributed by atoms with van der Waals surface area (Å²) in [5, 5.41) is 48.9. The number of aliphatic hydroxyl groups is 3. The number of aliphatic carboxylic acids is 1. The standard InChI is InChI=1S/C23H27N5O2.C13H15ClN4O.C12H22N2O4.C11H21NO3.C11H19NO3.C10H13BNO2.C10H17NO4.C7H3Cl2N3.H2O/c1-16(29)18-6-9-28(15-18)23-22-21(24-7-8-25-22)14-20(26-23)17-2-4-19(5-3-17)27-10-12-30-13-11-27;1-8(19)9-2-5-18(7-9)13-12-10(6-11(14)17-13)15-3-4-16-12;1-12(2,3)18-11(16)14-7-6-9(8-14)10(15)13(4)17-5;2*1-8(13)9-5-6-12(7-9)10(14)15-11(2,3)4;13-11-9-1-3-10(4-2-9)12-5-7-14-8-6-12;1-10(2,3)15-9(14)11-5-4-7(6-11)8(12)13;8-5-3-4-6(7(9)12-5)11-2-1-10-4;/h2-5,7-8,14,16,18,29H,6,9-13,15H2,1H3;3-4,6,8-9,19H,2,5,7H2,1H3;9H,6-8H2,1-5H3;8-9,13H,5-7H2,1-4H3;9H,5-7H2,1-4H3;1-4,13H,5-8H2;7H,4-6H2,1-3H3,(H,12,13);1-3H;1H2/t16?,18-;8?,9-;9-;8?,9-;9-;;7-;;/m00000.0../s1. The number of carbonyl (C=O) groups is 7. The van der Waals surface area contributed by atoms with Gasteiger partial charge in [0.05, 0.1) is 85.9 Å². The van der Waals surface area contributed by atoms with E-state index in [1.165, 1.54) is 28.4 Å². The predicted molar refractivity (Wildman–Crippen MR) is 534 cm³/mol. The average Bonchev–Trinajstić information content (AvgIpc) is 0.991. The lowest BCUT2D eigenvalue weighted by molar-refractivity contribution is -0.172. The quantitative estimate of drug-likeness (QED) is 0.0310. The number of morpholine rings is 2. The highest BCUT2D eigenvalue weighted by Gasteiger charge is 2.39. The molecular weight excluding hydrogens is 1850 g/mol. The molecule has 2 aromatic carbocycles. The minimum atomic E-state index is -0.846. The Morgan fingerprint density at radius 1 is 0.439 bits per heavy atom. The summed E-state index contributed by atoms with van der Waals surface area (Å²) in [7, 11) is 4.13. The van der Waals surface area contributed by atoms with E-state index >= 15 is 0 Å². The Balaban J connectivity index is 0.000000198. The number of ketones is 1. The molecule has 42 heteroatoms. The van der Waals surface area contributed by atoms with Gasteiger partial charge in [-0.3, -0.25) is 34.2 Å². The number of nitrogens with zero attached hydrogens (tertiary/aromatic N) is 18. The van der Waals surface area contributed by atoms with Gasteiger partial charge in [-0.1, -0.05) is 64.5 Å². The van der Waals surface area contributed by atoms with Crippen molar-refractivity contribution in [3.8, 4) is 11.3 Å². The van der Waals surface area contributed by atoms with Crippen molar-refractivity contribution in [2.45, 2.75) is 190 Å². The predicted octanol–water partition coefficient (Wildman–Crippen LogP) is 11.9. The van der Waals surface area contributed by atoms with Crippen LogP contribution in [0, 0.1) is 35.5 Å². The number of aromatic nitrogens is 9. The van der Waals surface area contributed by atoms with Gasteiger partial charge in [0.15, 0.2) is 16.8 Å². The first-order valence-electron chi connectivity index (χ1n) is 46.8. The smallest absolute Gasteiger partial charge is 0.410 e. The molecule has 16 rings (SSSR count). The lowest BCUT2D eigenvalue weighted by Gasteiger charge is -2.29. The number of likely N-dealkylation sites (tertiary alicyclic amines) is 4. The number of rotatable bonds is 13. The highest BCUT2D eigenvalue weighted by atomic mass is 35.5. The zero-order chi connectivity index (χ0) is 101. The van der Waals surface area contributed by atoms with Crippen LogP contribution in [0.2, 0.25) is 15.5 Å². The third-order valence-electron chi connectivity index (χ3n) is 23.5. The Morgan fingerprint density at radius 2 is 0.784 bits per heavy atom. The van der Waals surface area contributed by atoms with Crippen LogP contribution < -0.4 is 25.1 Å². The number of ether oxygens (including phenoxy) is 6. The number of Topliss-reactive ketones (excluding diaryl/α,β-unsaturated/α-hetero) is 1. The summed E-state index contributed by atoms with van der Waals surface area (Å²) < 4.78 is 31.6. The molecular formula is C97H139BCl3N18O20. The molecule has 14 heterocycles. The largest absolute Gasteiger partial charge is 0.481 e. The number of aliphatic hydroxyl groups excluding tert-OH is 3. The van der Waals surface area contributed by atoms with Gasteiger partial charge >= 0.3 is 37.8 Å². The van der Waals surface area contributed by atoms with Crippen molar-refractivity contribution in [1.82, 2.24) is 69.5 Å². The minimum absolute atomic E-state index is 0. The Kier molecular flexibility index (Phi) is 43.2. The second-order valence-corrected chi connectivity index (χ2v) is 40.1. The van der Waals surface area contributed by atoms with E-state index in [4.69, 9.17) is 83.2 Å². The van der Waals surface area contributed by atoms with Crippen LogP contribution in [0.15, 0.2) is 104 Å². The maximum absolute atomic E-state index is 11.9. The van der Waals surface area contributed by atoms with Crippen molar-refractivity contribution < 1.29 is 97.7 Å². The van der Waals surface area contributed by atoms with E-state index < -0.39 is 40.4 Å². The van der Waals surface area contributed by atoms with Crippen LogP contribution in [0.4, 0.5) is 42.2 Å². The maximum Gasteiger partial charge on any atom is 0.410 e. The second kappa shape index (κ2) is 52.8. The van der Waals surface area contributed by atoms with Gasteiger partial charge < -0.3 is 98.5 Å². The van der Waals surface area contributed by atoms with E-state index in [0.29, 0.717) is 80.0 Å². The first-order valence-corrected chi connectivity index (χ1v) is 47.9. The molecule has 139 heavy (non-hydrogen) atoms. The fourth-order valence-electron chi connectivity index (χ4n) is 15.9. The first-order chi connectivity index (χ1) is 65.1. The number of carboxylic acids is 1. The highest BCUT2D eigenvalue weighted by molar-refractivity contribution is 6.45. The number of hydroxylamine groups is 2. The molecule has 0 bridgehead atoms. The average molecular weight is 1990 g/mol. The number of hydrogen-bond acceptors (Lipinski definition) is 31. The molecule has 8 aliphatic rings. The van der Waals surface area contributed by atoms with Gasteiger partial charge in [0.25, 0.3) is 5.91 Å². The molecule has 0 saturated carbocycles. The lowest BCUT2D eigenvalue weighted by atomic mass is 9.89.